The highest BCUT2D eigenvalue weighted by Crippen LogP contribution is 2.30. The highest BCUT2D eigenvalue weighted by atomic mass is 32.1. The molecule has 0 aliphatic heterocycles. The molecule has 4 heteroatoms. The van der Waals surface area contributed by atoms with Crippen LogP contribution in [0.25, 0.3) is 0 Å². The maximum Gasteiger partial charge on any atom is 0.0857 e. The lowest BCUT2D eigenvalue weighted by atomic mass is 9.90. The van der Waals surface area contributed by atoms with E-state index in [0.29, 0.717) is 0 Å². The molecule has 0 fully saturated rings. The van der Waals surface area contributed by atoms with Crippen molar-refractivity contribution < 1.29 is 0 Å². The van der Waals surface area contributed by atoms with Gasteiger partial charge in [0.1, 0.15) is 0 Å². The van der Waals surface area contributed by atoms with Gasteiger partial charge in [-0.1, -0.05) is 31.3 Å². The predicted molar refractivity (Wildman–Crippen MR) is 60.4 cm³/mol. The molecule has 0 amide bonds. The van der Waals surface area contributed by atoms with Gasteiger partial charge in [0, 0.05) is 11.5 Å². The van der Waals surface area contributed by atoms with Crippen molar-refractivity contribution in [3.8, 4) is 0 Å². The summed E-state index contributed by atoms with van der Waals surface area (Å²) in [5.41, 5.74) is 7.03. The summed E-state index contributed by atoms with van der Waals surface area (Å²) >= 11 is 1.39. The number of hydrogen-bond donors (Lipinski definition) is 1. The molecule has 0 aliphatic rings. The fourth-order valence-corrected chi connectivity index (χ4v) is 2.12. The lowest BCUT2D eigenvalue weighted by Crippen LogP contribution is -2.18. The van der Waals surface area contributed by atoms with E-state index in [-0.39, 0.29) is 11.5 Å². The zero-order valence-electron chi connectivity index (χ0n) is 8.95. The lowest BCUT2D eigenvalue weighted by molar-refractivity contribution is 0.551. The number of aromatic nitrogens is 2. The first-order chi connectivity index (χ1) is 6.46. The monoisotopic (exact) mass is 211 g/mol. The molecule has 3 nitrogen and oxygen atoms in total. The quantitative estimate of drug-likeness (QED) is 0.781. The number of nitrogens with zero attached hydrogens (tertiary/aromatic N) is 2. The molecular weight excluding hydrogens is 194 g/mol. The molecule has 0 bridgehead atoms. The molecule has 78 valence electrons. The van der Waals surface area contributed by atoms with Crippen LogP contribution in [-0.4, -0.2) is 9.59 Å². The van der Waals surface area contributed by atoms with E-state index in [1.54, 1.807) is 0 Å². The van der Waals surface area contributed by atoms with Crippen molar-refractivity contribution in [1.29, 1.82) is 0 Å². The summed E-state index contributed by atoms with van der Waals surface area (Å²) in [5, 5.41) is 4.14. The van der Waals surface area contributed by atoms with Crippen LogP contribution in [-0.2, 0) is 5.41 Å². The second kappa shape index (κ2) is 4.19. The third-order valence-electron chi connectivity index (χ3n) is 1.98. The summed E-state index contributed by atoms with van der Waals surface area (Å²) in [7, 11) is 0. The molecular formula is C10H17N3S. The van der Waals surface area contributed by atoms with Gasteiger partial charge < -0.3 is 5.73 Å². The van der Waals surface area contributed by atoms with Crippen molar-refractivity contribution >= 4 is 11.5 Å². The van der Waals surface area contributed by atoms with Gasteiger partial charge in [-0.3, -0.25) is 0 Å². The molecule has 1 unspecified atom stereocenters. The number of rotatable bonds is 3. The minimum atomic E-state index is -0.0123. The Labute approximate surface area is 89.2 Å². The molecule has 1 rings (SSSR count). The second-order valence-electron chi connectivity index (χ2n) is 4.37. The first-order valence-electron chi connectivity index (χ1n) is 4.66. The minimum absolute atomic E-state index is 0.0123. The van der Waals surface area contributed by atoms with Gasteiger partial charge in [0.2, 0.25) is 0 Å². The molecule has 1 aromatic rings. The van der Waals surface area contributed by atoms with Crippen molar-refractivity contribution in [2.75, 3.05) is 0 Å². The Morgan fingerprint density at radius 3 is 2.71 bits per heavy atom. The molecule has 14 heavy (non-hydrogen) atoms. The molecule has 0 saturated carbocycles. The van der Waals surface area contributed by atoms with Gasteiger partial charge in [0.25, 0.3) is 0 Å². The van der Waals surface area contributed by atoms with E-state index >= 15 is 0 Å². The maximum atomic E-state index is 6.01. The summed E-state index contributed by atoms with van der Waals surface area (Å²) in [6.07, 6.45) is 2.60. The van der Waals surface area contributed by atoms with E-state index in [2.05, 4.69) is 36.9 Å². The van der Waals surface area contributed by atoms with Gasteiger partial charge in [0.05, 0.1) is 10.6 Å². The third kappa shape index (κ3) is 2.39. The van der Waals surface area contributed by atoms with Crippen LogP contribution in [0.2, 0.25) is 0 Å². The third-order valence-corrected chi connectivity index (χ3v) is 2.84. The fourth-order valence-electron chi connectivity index (χ4n) is 1.25. The number of hydrogen-bond acceptors (Lipinski definition) is 4. The first kappa shape index (κ1) is 11.3. The Morgan fingerprint density at radius 1 is 1.57 bits per heavy atom. The first-order valence-corrected chi connectivity index (χ1v) is 5.43. The van der Waals surface area contributed by atoms with E-state index in [4.69, 9.17) is 5.73 Å². The van der Waals surface area contributed by atoms with E-state index < -0.39 is 0 Å². The van der Waals surface area contributed by atoms with E-state index in [9.17, 15) is 0 Å². The van der Waals surface area contributed by atoms with Gasteiger partial charge in [0.15, 0.2) is 0 Å². The van der Waals surface area contributed by atoms with E-state index in [1.807, 2.05) is 6.08 Å². The molecule has 0 saturated heterocycles. The minimum Gasteiger partial charge on any atom is -0.323 e. The largest absolute Gasteiger partial charge is 0.323 e. The summed E-state index contributed by atoms with van der Waals surface area (Å²) in [6, 6.07) is -0.0123. The van der Waals surface area contributed by atoms with Crippen molar-refractivity contribution in [2.45, 2.75) is 38.6 Å². The van der Waals surface area contributed by atoms with Crippen molar-refractivity contribution in [3.05, 3.63) is 23.2 Å². The zero-order valence-corrected chi connectivity index (χ0v) is 9.77. The smallest absolute Gasteiger partial charge is 0.0857 e. The average molecular weight is 211 g/mol. The van der Waals surface area contributed by atoms with Crippen LogP contribution in [0.4, 0.5) is 0 Å². The predicted octanol–water partition coefficient (Wildman–Crippen LogP) is 2.41. The molecule has 0 spiro atoms. The summed E-state index contributed by atoms with van der Waals surface area (Å²) in [6.45, 7) is 10.0. The Morgan fingerprint density at radius 2 is 2.21 bits per heavy atom. The number of nitrogens with two attached hydrogens (primary N) is 1. The second-order valence-corrected chi connectivity index (χ2v) is 5.15. The van der Waals surface area contributed by atoms with Gasteiger partial charge in [-0.25, -0.2) is 0 Å². The van der Waals surface area contributed by atoms with Gasteiger partial charge >= 0.3 is 0 Å². The summed E-state index contributed by atoms with van der Waals surface area (Å²) in [4.78, 5) is 1.08. The van der Waals surface area contributed by atoms with Crippen LogP contribution >= 0.6 is 11.5 Å². The van der Waals surface area contributed by atoms with Crippen LogP contribution in [0.5, 0.6) is 0 Å². The topological polar surface area (TPSA) is 51.8 Å². The van der Waals surface area contributed by atoms with E-state index in [0.717, 1.165) is 17.0 Å². The highest BCUT2D eigenvalue weighted by molar-refractivity contribution is 7.05. The Hall–Kier alpha value is -0.740. The molecule has 0 aliphatic carbocycles. The molecule has 1 aromatic heterocycles. The molecule has 0 aromatic carbocycles. The summed E-state index contributed by atoms with van der Waals surface area (Å²) < 4.78 is 3.97. The highest BCUT2D eigenvalue weighted by Gasteiger charge is 2.24. The molecule has 1 atom stereocenters. The average Bonchev–Trinajstić information content (AvgIpc) is 2.50. The fraction of sp³-hybridized carbons (Fsp3) is 0.600. The molecule has 2 N–H and O–H groups in total. The van der Waals surface area contributed by atoms with E-state index in [1.165, 1.54) is 11.5 Å². The van der Waals surface area contributed by atoms with Crippen molar-refractivity contribution in [2.24, 2.45) is 5.73 Å². The Balaban J connectivity index is 2.98. The Bertz CT molecular complexity index is 311. The van der Waals surface area contributed by atoms with Crippen LogP contribution in [0, 0.1) is 0 Å². The van der Waals surface area contributed by atoms with Crippen molar-refractivity contribution in [3.63, 3.8) is 0 Å². The standard InChI is InChI=1S/C10H17N3S/c1-5-6-7(11)8-9(10(2,3)4)12-13-14-8/h5,7H,1,6,11H2,2-4H3. The Kier molecular flexibility index (Phi) is 3.39. The lowest BCUT2D eigenvalue weighted by Gasteiger charge is -2.18. The SMILES string of the molecule is C=CCC(N)c1snnc1C(C)(C)C. The molecule has 0 radical (unpaired) electrons. The van der Waals surface area contributed by atoms with Crippen LogP contribution < -0.4 is 5.73 Å². The zero-order chi connectivity index (χ0) is 10.8. The van der Waals surface area contributed by atoms with Crippen molar-refractivity contribution in [1.82, 2.24) is 9.59 Å². The normalized spacial score (nSPS) is 14.0. The van der Waals surface area contributed by atoms with Gasteiger partial charge in [-0.2, -0.15) is 0 Å². The van der Waals surface area contributed by atoms with Crippen LogP contribution in [0.15, 0.2) is 12.7 Å². The van der Waals surface area contributed by atoms with Crippen LogP contribution in [0.3, 0.4) is 0 Å². The molecule has 1 heterocycles. The van der Waals surface area contributed by atoms with Gasteiger partial charge in [-0.15, -0.1) is 11.7 Å². The maximum absolute atomic E-state index is 6.01. The van der Waals surface area contributed by atoms with Gasteiger partial charge in [-0.05, 0) is 18.0 Å². The van der Waals surface area contributed by atoms with Crippen LogP contribution in [0.1, 0.15) is 43.8 Å². The summed E-state index contributed by atoms with van der Waals surface area (Å²) in [5.74, 6) is 0.